The van der Waals surface area contributed by atoms with Gasteiger partial charge in [-0.3, -0.25) is 9.59 Å². The van der Waals surface area contributed by atoms with Crippen LogP contribution in [0, 0.1) is 0 Å². The predicted octanol–water partition coefficient (Wildman–Crippen LogP) is 3.15. The van der Waals surface area contributed by atoms with E-state index in [-0.39, 0.29) is 18.2 Å². The van der Waals surface area contributed by atoms with Crippen LogP contribution in [-0.4, -0.2) is 25.5 Å². The second-order valence-corrected chi connectivity index (χ2v) is 5.97. The lowest BCUT2D eigenvalue weighted by Gasteiger charge is -2.10. The van der Waals surface area contributed by atoms with E-state index in [1.807, 2.05) is 42.5 Å². The van der Waals surface area contributed by atoms with E-state index in [1.165, 1.54) is 0 Å². The third-order valence-corrected chi connectivity index (χ3v) is 4.07. The van der Waals surface area contributed by atoms with Gasteiger partial charge in [0.25, 0.3) is 0 Å². The highest BCUT2D eigenvalue weighted by molar-refractivity contribution is 9.10. The standard InChI is InChI=1S/C18H19BrN2O3/c1-24-16-9-5-2-6-13(16)10-11-20-17(22)12-18(23)21-15-8-4-3-7-14(15)19/h2-9H,10-12H2,1H3,(H,20,22)(H,21,23). The quantitative estimate of drug-likeness (QED) is 0.713. The van der Waals surface area contributed by atoms with Crippen LogP contribution in [0.4, 0.5) is 5.69 Å². The highest BCUT2D eigenvalue weighted by Crippen LogP contribution is 2.21. The largest absolute Gasteiger partial charge is 0.496 e. The zero-order valence-electron chi connectivity index (χ0n) is 13.3. The molecule has 126 valence electrons. The zero-order valence-corrected chi connectivity index (χ0v) is 14.9. The summed E-state index contributed by atoms with van der Waals surface area (Å²) in [5.74, 6) is 0.129. The highest BCUT2D eigenvalue weighted by atomic mass is 79.9. The molecule has 0 aliphatic heterocycles. The smallest absolute Gasteiger partial charge is 0.233 e. The van der Waals surface area contributed by atoms with Crippen LogP contribution in [0.25, 0.3) is 0 Å². The number of nitrogens with one attached hydrogen (secondary N) is 2. The number of halogens is 1. The van der Waals surface area contributed by atoms with Gasteiger partial charge in [-0.15, -0.1) is 0 Å². The lowest BCUT2D eigenvalue weighted by Crippen LogP contribution is -2.29. The summed E-state index contributed by atoms with van der Waals surface area (Å²) in [5, 5.41) is 5.45. The molecule has 0 saturated heterocycles. The molecule has 0 aliphatic rings. The van der Waals surface area contributed by atoms with Crippen molar-refractivity contribution < 1.29 is 14.3 Å². The molecular weight excluding hydrogens is 372 g/mol. The fourth-order valence-corrected chi connectivity index (χ4v) is 2.60. The maximum absolute atomic E-state index is 11.9. The van der Waals surface area contributed by atoms with E-state index >= 15 is 0 Å². The van der Waals surface area contributed by atoms with Crippen molar-refractivity contribution in [2.24, 2.45) is 0 Å². The molecule has 0 atom stereocenters. The van der Waals surface area contributed by atoms with Crippen LogP contribution in [0.2, 0.25) is 0 Å². The first-order valence-corrected chi connectivity index (χ1v) is 8.32. The molecule has 6 heteroatoms. The van der Waals surface area contributed by atoms with Gasteiger partial charge < -0.3 is 15.4 Å². The second-order valence-electron chi connectivity index (χ2n) is 5.12. The molecular formula is C18H19BrN2O3. The number of amides is 2. The number of carbonyl (C=O) groups is 2. The molecule has 0 saturated carbocycles. The molecule has 0 spiro atoms. The second kappa shape index (κ2) is 9.08. The summed E-state index contributed by atoms with van der Waals surface area (Å²) in [5.41, 5.74) is 1.65. The van der Waals surface area contributed by atoms with Crippen molar-refractivity contribution in [1.82, 2.24) is 5.32 Å². The number of rotatable bonds is 7. The van der Waals surface area contributed by atoms with Gasteiger partial charge >= 0.3 is 0 Å². The Hall–Kier alpha value is -2.34. The number of para-hydroxylation sites is 2. The molecule has 0 bridgehead atoms. The summed E-state index contributed by atoms with van der Waals surface area (Å²) in [6.07, 6.45) is 0.425. The van der Waals surface area contributed by atoms with Crippen LogP contribution >= 0.6 is 15.9 Å². The Morgan fingerprint density at radius 1 is 1.04 bits per heavy atom. The zero-order chi connectivity index (χ0) is 17.4. The van der Waals surface area contributed by atoms with Crippen LogP contribution < -0.4 is 15.4 Å². The maximum Gasteiger partial charge on any atom is 0.233 e. The van der Waals surface area contributed by atoms with Gasteiger partial charge in [-0.25, -0.2) is 0 Å². The van der Waals surface area contributed by atoms with E-state index in [1.54, 1.807) is 13.2 Å². The molecule has 2 aromatic carbocycles. The fourth-order valence-electron chi connectivity index (χ4n) is 2.21. The number of carbonyl (C=O) groups excluding carboxylic acids is 2. The molecule has 5 nitrogen and oxygen atoms in total. The van der Waals surface area contributed by atoms with Crippen molar-refractivity contribution in [2.45, 2.75) is 12.8 Å². The van der Waals surface area contributed by atoms with Gasteiger partial charge in [0.1, 0.15) is 12.2 Å². The average Bonchev–Trinajstić information content (AvgIpc) is 2.57. The van der Waals surface area contributed by atoms with Crippen molar-refractivity contribution in [3.8, 4) is 5.75 Å². The number of methoxy groups -OCH3 is 1. The minimum atomic E-state index is -0.350. The molecule has 2 rings (SSSR count). The monoisotopic (exact) mass is 390 g/mol. The van der Waals surface area contributed by atoms with Gasteiger partial charge in [-0.1, -0.05) is 30.3 Å². The minimum Gasteiger partial charge on any atom is -0.496 e. The Bertz CT molecular complexity index is 719. The molecule has 2 amide bonds. The highest BCUT2D eigenvalue weighted by Gasteiger charge is 2.11. The molecule has 0 unspecified atom stereocenters. The summed E-state index contributed by atoms with van der Waals surface area (Å²) in [6, 6.07) is 14.9. The van der Waals surface area contributed by atoms with Crippen molar-refractivity contribution in [1.29, 1.82) is 0 Å². The lowest BCUT2D eigenvalue weighted by molar-refractivity contribution is -0.126. The first kappa shape index (κ1) is 18.0. The van der Waals surface area contributed by atoms with Crippen LogP contribution in [-0.2, 0) is 16.0 Å². The molecule has 0 aliphatic carbocycles. The Morgan fingerprint density at radius 2 is 1.75 bits per heavy atom. The van der Waals surface area contributed by atoms with E-state index in [2.05, 4.69) is 26.6 Å². The summed E-state index contributed by atoms with van der Waals surface area (Å²) in [4.78, 5) is 23.8. The van der Waals surface area contributed by atoms with Crippen LogP contribution in [0.3, 0.4) is 0 Å². The van der Waals surface area contributed by atoms with Gasteiger partial charge in [0.05, 0.1) is 12.8 Å². The molecule has 0 aromatic heterocycles. The normalized spacial score (nSPS) is 10.1. The Kier molecular flexibility index (Phi) is 6.81. The summed E-state index contributed by atoms with van der Waals surface area (Å²) < 4.78 is 6.04. The first-order chi connectivity index (χ1) is 11.6. The number of ether oxygens (including phenoxy) is 1. The molecule has 2 aromatic rings. The van der Waals surface area contributed by atoms with Gasteiger partial charge in [0.2, 0.25) is 11.8 Å². The van der Waals surface area contributed by atoms with E-state index in [9.17, 15) is 9.59 Å². The number of hydrogen-bond acceptors (Lipinski definition) is 3. The van der Waals surface area contributed by atoms with Gasteiger partial charge in [0.15, 0.2) is 0 Å². The SMILES string of the molecule is COc1ccccc1CCNC(=O)CC(=O)Nc1ccccc1Br. The molecule has 2 N–H and O–H groups in total. The van der Waals surface area contributed by atoms with Crippen LogP contribution in [0.5, 0.6) is 5.75 Å². The maximum atomic E-state index is 11.9. The number of benzene rings is 2. The number of hydrogen-bond donors (Lipinski definition) is 2. The van der Waals surface area contributed by atoms with E-state index in [4.69, 9.17) is 4.74 Å². The molecule has 0 fully saturated rings. The van der Waals surface area contributed by atoms with Gasteiger partial charge in [-0.2, -0.15) is 0 Å². The van der Waals surface area contributed by atoms with Crippen LogP contribution in [0.1, 0.15) is 12.0 Å². The summed E-state index contributed by atoms with van der Waals surface area (Å²) >= 11 is 3.35. The first-order valence-electron chi connectivity index (χ1n) is 7.53. The molecule has 0 heterocycles. The van der Waals surface area contributed by atoms with Crippen molar-refractivity contribution in [3.63, 3.8) is 0 Å². The van der Waals surface area contributed by atoms with Gasteiger partial charge in [0, 0.05) is 11.0 Å². The third-order valence-electron chi connectivity index (χ3n) is 3.38. The van der Waals surface area contributed by atoms with Crippen LogP contribution in [0.15, 0.2) is 53.0 Å². The van der Waals surface area contributed by atoms with Crippen molar-refractivity contribution in [3.05, 3.63) is 58.6 Å². The Balaban J connectivity index is 1.77. The summed E-state index contributed by atoms with van der Waals surface area (Å²) in [7, 11) is 1.61. The van der Waals surface area contributed by atoms with Crippen molar-refractivity contribution >= 4 is 33.4 Å². The fraction of sp³-hybridized carbons (Fsp3) is 0.222. The predicted molar refractivity (Wildman–Crippen MR) is 97.1 cm³/mol. The summed E-state index contributed by atoms with van der Waals surface area (Å²) in [6.45, 7) is 0.446. The lowest BCUT2D eigenvalue weighted by atomic mass is 10.1. The Labute approximate surface area is 149 Å². The van der Waals surface area contributed by atoms with E-state index < -0.39 is 0 Å². The number of anilines is 1. The van der Waals surface area contributed by atoms with E-state index in [0.717, 1.165) is 15.8 Å². The Morgan fingerprint density at radius 3 is 2.50 bits per heavy atom. The van der Waals surface area contributed by atoms with E-state index in [0.29, 0.717) is 18.7 Å². The molecule has 24 heavy (non-hydrogen) atoms. The topological polar surface area (TPSA) is 67.4 Å². The van der Waals surface area contributed by atoms with Crippen molar-refractivity contribution in [2.75, 3.05) is 19.0 Å². The average molecular weight is 391 g/mol. The minimum absolute atomic E-state index is 0.215. The molecule has 0 radical (unpaired) electrons. The van der Waals surface area contributed by atoms with Gasteiger partial charge in [-0.05, 0) is 46.1 Å². The third kappa shape index (κ3) is 5.38.